The van der Waals surface area contributed by atoms with Crippen LogP contribution in [0.25, 0.3) is 11.0 Å². The van der Waals surface area contributed by atoms with Gasteiger partial charge in [-0.05, 0) is 42.8 Å². The molecule has 0 saturated carbocycles. The number of carbonyl (C=O) groups excluding carboxylic acids is 1. The number of ether oxygens (including phenoxy) is 1. The molecule has 1 N–H and O–H groups in total. The summed E-state index contributed by atoms with van der Waals surface area (Å²) < 4.78 is 7.42. The van der Waals surface area contributed by atoms with E-state index >= 15 is 0 Å². The number of fused-ring (bicyclic) bond motifs is 1. The van der Waals surface area contributed by atoms with Gasteiger partial charge in [0, 0.05) is 25.0 Å². The topological polar surface area (TPSA) is 81.9 Å². The van der Waals surface area contributed by atoms with E-state index in [2.05, 4.69) is 20.4 Å². The van der Waals surface area contributed by atoms with Crippen LogP contribution >= 0.6 is 11.6 Å². The monoisotopic (exact) mass is 407 g/mol. The van der Waals surface area contributed by atoms with E-state index in [1.807, 2.05) is 31.2 Å². The first kappa shape index (κ1) is 18.9. The van der Waals surface area contributed by atoms with Crippen LogP contribution in [0.5, 0.6) is 11.6 Å². The number of hydrogen-bond acceptors (Lipinski definition) is 5. The summed E-state index contributed by atoms with van der Waals surface area (Å²) in [6, 6.07) is 12.7. The lowest BCUT2D eigenvalue weighted by atomic mass is 10.1. The van der Waals surface area contributed by atoms with E-state index in [0.717, 1.165) is 16.5 Å². The van der Waals surface area contributed by atoms with E-state index in [1.165, 1.54) is 0 Å². The lowest BCUT2D eigenvalue weighted by molar-refractivity contribution is -0.115. The number of halogens is 1. The number of aromatic nitrogens is 4. The van der Waals surface area contributed by atoms with Crippen LogP contribution in [0, 0.1) is 6.92 Å². The van der Waals surface area contributed by atoms with Gasteiger partial charge in [0.1, 0.15) is 5.75 Å². The van der Waals surface area contributed by atoms with Gasteiger partial charge in [-0.1, -0.05) is 23.7 Å². The Balaban J connectivity index is 1.47. The van der Waals surface area contributed by atoms with Crippen molar-refractivity contribution in [3.63, 3.8) is 0 Å². The van der Waals surface area contributed by atoms with Gasteiger partial charge in [0.25, 0.3) is 0 Å². The van der Waals surface area contributed by atoms with E-state index < -0.39 is 0 Å². The van der Waals surface area contributed by atoms with Crippen LogP contribution in [0.3, 0.4) is 0 Å². The highest BCUT2D eigenvalue weighted by atomic mass is 35.5. The van der Waals surface area contributed by atoms with Crippen molar-refractivity contribution in [2.45, 2.75) is 13.3 Å². The average molecular weight is 408 g/mol. The van der Waals surface area contributed by atoms with Crippen molar-refractivity contribution in [2.24, 2.45) is 7.05 Å². The maximum atomic E-state index is 12.5. The van der Waals surface area contributed by atoms with E-state index in [9.17, 15) is 4.79 Å². The zero-order chi connectivity index (χ0) is 20.4. The molecule has 0 aliphatic heterocycles. The van der Waals surface area contributed by atoms with Gasteiger partial charge in [-0.2, -0.15) is 5.10 Å². The molecular formula is C21H18ClN5O2. The summed E-state index contributed by atoms with van der Waals surface area (Å²) in [4.78, 5) is 21.0. The summed E-state index contributed by atoms with van der Waals surface area (Å²) in [5.41, 5.74) is 2.37. The number of aryl methyl sites for hydroxylation is 2. The number of pyridine rings is 2. The molecule has 4 rings (SSSR count). The molecule has 146 valence electrons. The molecule has 8 heteroatoms. The van der Waals surface area contributed by atoms with Crippen molar-refractivity contribution in [1.82, 2.24) is 19.7 Å². The Morgan fingerprint density at radius 2 is 1.97 bits per heavy atom. The summed E-state index contributed by atoms with van der Waals surface area (Å²) in [7, 11) is 1.78. The minimum absolute atomic E-state index is 0.154. The molecular weight excluding hydrogens is 390 g/mol. The fourth-order valence-electron chi connectivity index (χ4n) is 2.96. The Labute approximate surface area is 172 Å². The van der Waals surface area contributed by atoms with Crippen LogP contribution in [0.1, 0.15) is 11.1 Å². The molecule has 0 atom stereocenters. The lowest BCUT2D eigenvalue weighted by Crippen LogP contribution is -2.15. The second kappa shape index (κ2) is 7.89. The van der Waals surface area contributed by atoms with Gasteiger partial charge in [-0.3, -0.25) is 4.79 Å². The molecule has 7 nitrogen and oxygen atoms in total. The SMILES string of the molecule is Cc1cccnc1Oc1ccc(CC(=O)Nc2nn(C)c3ncccc23)cc1Cl. The summed E-state index contributed by atoms with van der Waals surface area (Å²) in [5.74, 6) is 1.27. The van der Waals surface area contributed by atoms with Crippen molar-refractivity contribution in [1.29, 1.82) is 0 Å². The van der Waals surface area contributed by atoms with Crippen molar-refractivity contribution >= 4 is 34.4 Å². The van der Waals surface area contributed by atoms with Gasteiger partial charge in [-0.25, -0.2) is 14.6 Å². The van der Waals surface area contributed by atoms with Crippen molar-refractivity contribution < 1.29 is 9.53 Å². The highest BCUT2D eigenvalue weighted by Gasteiger charge is 2.14. The maximum absolute atomic E-state index is 12.5. The maximum Gasteiger partial charge on any atom is 0.230 e. The second-order valence-corrected chi connectivity index (χ2v) is 6.97. The fraction of sp³-hybridized carbons (Fsp3) is 0.143. The van der Waals surface area contributed by atoms with Crippen molar-refractivity contribution in [3.8, 4) is 11.6 Å². The number of rotatable bonds is 5. The van der Waals surface area contributed by atoms with Gasteiger partial charge in [-0.15, -0.1) is 0 Å². The van der Waals surface area contributed by atoms with E-state index in [0.29, 0.717) is 28.1 Å². The van der Waals surface area contributed by atoms with Crippen LogP contribution < -0.4 is 10.1 Å². The molecule has 4 aromatic rings. The summed E-state index contributed by atoms with van der Waals surface area (Å²) in [6.07, 6.45) is 3.50. The zero-order valence-electron chi connectivity index (χ0n) is 15.9. The van der Waals surface area contributed by atoms with Gasteiger partial charge in [0.15, 0.2) is 11.5 Å². The number of hydrogen-bond donors (Lipinski definition) is 1. The quantitative estimate of drug-likeness (QED) is 0.533. The molecule has 3 aromatic heterocycles. The Hall–Kier alpha value is -3.45. The van der Waals surface area contributed by atoms with E-state index in [1.54, 1.807) is 42.3 Å². The van der Waals surface area contributed by atoms with Gasteiger partial charge in [0.2, 0.25) is 11.8 Å². The zero-order valence-corrected chi connectivity index (χ0v) is 16.6. The summed E-state index contributed by atoms with van der Waals surface area (Å²) in [5, 5.41) is 8.37. The first-order valence-corrected chi connectivity index (χ1v) is 9.34. The van der Waals surface area contributed by atoms with Crippen LogP contribution in [-0.4, -0.2) is 25.7 Å². The Morgan fingerprint density at radius 1 is 1.17 bits per heavy atom. The van der Waals surface area contributed by atoms with Gasteiger partial charge in [0.05, 0.1) is 16.8 Å². The molecule has 0 fully saturated rings. The van der Waals surface area contributed by atoms with Gasteiger partial charge < -0.3 is 10.1 Å². The molecule has 29 heavy (non-hydrogen) atoms. The third kappa shape index (κ3) is 4.05. The fourth-order valence-corrected chi connectivity index (χ4v) is 3.21. The number of amides is 1. The first-order chi connectivity index (χ1) is 14.0. The summed E-state index contributed by atoms with van der Waals surface area (Å²) >= 11 is 6.35. The smallest absolute Gasteiger partial charge is 0.230 e. The minimum Gasteiger partial charge on any atom is -0.437 e. The Morgan fingerprint density at radius 3 is 2.76 bits per heavy atom. The standard InChI is InChI=1S/C21H18ClN5O2/c1-13-5-3-10-24-21(13)29-17-8-7-14(11-16(17)22)12-18(28)25-19-15-6-4-9-23-20(15)27(2)26-19/h3-11H,12H2,1-2H3,(H,25,26,28). The Bertz CT molecular complexity index is 1200. The molecule has 0 saturated heterocycles. The van der Waals surface area contributed by atoms with Crippen LogP contribution in [-0.2, 0) is 18.3 Å². The Kier molecular flexibility index (Phi) is 5.14. The van der Waals surface area contributed by atoms with Crippen LogP contribution in [0.4, 0.5) is 5.82 Å². The number of nitrogens with one attached hydrogen (secondary N) is 1. The molecule has 0 aliphatic rings. The average Bonchev–Trinajstić information content (AvgIpc) is 3.01. The number of benzene rings is 1. The molecule has 0 unspecified atom stereocenters. The highest BCUT2D eigenvalue weighted by Crippen LogP contribution is 2.30. The number of nitrogens with zero attached hydrogens (tertiary/aromatic N) is 4. The second-order valence-electron chi connectivity index (χ2n) is 6.56. The van der Waals surface area contributed by atoms with E-state index in [-0.39, 0.29) is 12.3 Å². The number of anilines is 1. The molecule has 0 bridgehead atoms. The molecule has 3 heterocycles. The predicted molar refractivity (Wildman–Crippen MR) is 111 cm³/mol. The largest absolute Gasteiger partial charge is 0.437 e. The predicted octanol–water partition coefficient (Wildman–Crippen LogP) is 4.30. The first-order valence-electron chi connectivity index (χ1n) is 8.97. The van der Waals surface area contributed by atoms with Crippen molar-refractivity contribution in [2.75, 3.05) is 5.32 Å². The minimum atomic E-state index is -0.195. The molecule has 0 aliphatic carbocycles. The van der Waals surface area contributed by atoms with Crippen molar-refractivity contribution in [3.05, 3.63) is 71.0 Å². The molecule has 0 spiro atoms. The molecule has 0 radical (unpaired) electrons. The number of carbonyl (C=O) groups is 1. The van der Waals surface area contributed by atoms with E-state index in [4.69, 9.17) is 16.3 Å². The molecule has 1 aromatic carbocycles. The van der Waals surface area contributed by atoms with Gasteiger partial charge >= 0.3 is 0 Å². The lowest BCUT2D eigenvalue weighted by Gasteiger charge is -2.10. The third-order valence-corrected chi connectivity index (χ3v) is 4.68. The van der Waals surface area contributed by atoms with Crippen LogP contribution in [0.2, 0.25) is 5.02 Å². The third-order valence-electron chi connectivity index (χ3n) is 4.39. The molecule has 1 amide bonds. The highest BCUT2D eigenvalue weighted by molar-refractivity contribution is 6.32. The summed E-state index contributed by atoms with van der Waals surface area (Å²) in [6.45, 7) is 1.91. The normalized spacial score (nSPS) is 10.9. The van der Waals surface area contributed by atoms with Crippen LogP contribution in [0.15, 0.2) is 54.9 Å².